The summed E-state index contributed by atoms with van der Waals surface area (Å²) in [4.78, 5) is 2.95. The van der Waals surface area contributed by atoms with E-state index in [-0.39, 0.29) is 5.82 Å². The van der Waals surface area contributed by atoms with E-state index in [1.54, 1.807) is 12.1 Å². The second kappa shape index (κ2) is 4.49. The average molecular weight is 269 g/mol. The zero-order valence-corrected chi connectivity index (χ0v) is 9.51. The first-order chi connectivity index (χ1) is 7.25. The minimum atomic E-state index is -0.242. The van der Waals surface area contributed by atoms with Crippen LogP contribution >= 0.6 is 15.9 Å². The van der Waals surface area contributed by atoms with Gasteiger partial charge in [-0.15, -0.1) is 0 Å². The number of rotatable bonds is 3. The molecule has 0 unspecified atom stereocenters. The Balaban J connectivity index is 2.07. The van der Waals surface area contributed by atoms with Crippen LogP contribution in [0.5, 0.6) is 0 Å². The molecule has 1 heterocycles. The van der Waals surface area contributed by atoms with Crippen LogP contribution < -0.4 is 5.32 Å². The lowest BCUT2D eigenvalue weighted by atomic mass is 10.3. The van der Waals surface area contributed by atoms with Gasteiger partial charge in [0.25, 0.3) is 0 Å². The molecule has 0 saturated heterocycles. The van der Waals surface area contributed by atoms with Gasteiger partial charge >= 0.3 is 0 Å². The van der Waals surface area contributed by atoms with Gasteiger partial charge in [-0.1, -0.05) is 15.9 Å². The fourth-order valence-electron chi connectivity index (χ4n) is 1.30. The normalized spacial score (nSPS) is 10.3. The van der Waals surface area contributed by atoms with Crippen LogP contribution in [-0.4, -0.2) is 4.98 Å². The predicted octanol–water partition coefficient (Wildman–Crippen LogP) is 3.53. The molecule has 0 saturated carbocycles. The van der Waals surface area contributed by atoms with Gasteiger partial charge in [0.05, 0.1) is 5.69 Å². The zero-order chi connectivity index (χ0) is 10.7. The fourth-order valence-corrected chi connectivity index (χ4v) is 1.66. The summed E-state index contributed by atoms with van der Waals surface area (Å²) in [6.45, 7) is 0.608. The van der Waals surface area contributed by atoms with Crippen molar-refractivity contribution in [1.82, 2.24) is 4.98 Å². The van der Waals surface area contributed by atoms with Gasteiger partial charge in [0, 0.05) is 23.4 Å². The Kier molecular flexibility index (Phi) is 3.06. The van der Waals surface area contributed by atoms with E-state index in [1.165, 1.54) is 6.07 Å². The maximum Gasteiger partial charge on any atom is 0.146 e. The van der Waals surface area contributed by atoms with Gasteiger partial charge in [-0.25, -0.2) is 4.39 Å². The van der Waals surface area contributed by atoms with Crippen molar-refractivity contribution >= 4 is 21.6 Å². The molecule has 0 amide bonds. The Labute approximate surface area is 95.6 Å². The number of aromatic amines is 1. The van der Waals surface area contributed by atoms with E-state index in [1.807, 2.05) is 18.5 Å². The molecule has 0 aliphatic heterocycles. The number of nitrogens with one attached hydrogen (secondary N) is 2. The third kappa shape index (κ3) is 2.59. The largest absolute Gasteiger partial charge is 0.379 e. The molecule has 0 fully saturated rings. The smallest absolute Gasteiger partial charge is 0.146 e. The van der Waals surface area contributed by atoms with Crippen LogP contribution in [0.3, 0.4) is 0 Å². The first-order valence-electron chi connectivity index (χ1n) is 4.56. The van der Waals surface area contributed by atoms with Crippen molar-refractivity contribution in [2.24, 2.45) is 0 Å². The first kappa shape index (κ1) is 10.2. The van der Waals surface area contributed by atoms with E-state index in [9.17, 15) is 4.39 Å². The molecule has 0 bridgehead atoms. The highest BCUT2D eigenvalue weighted by Crippen LogP contribution is 2.20. The van der Waals surface area contributed by atoms with E-state index in [2.05, 4.69) is 26.2 Å². The van der Waals surface area contributed by atoms with Crippen LogP contribution in [0, 0.1) is 5.82 Å². The molecule has 78 valence electrons. The summed E-state index contributed by atoms with van der Waals surface area (Å²) in [5.74, 6) is -0.242. The second-order valence-electron chi connectivity index (χ2n) is 3.20. The number of hydrogen-bond donors (Lipinski definition) is 2. The Morgan fingerprint density at radius 1 is 1.33 bits per heavy atom. The SMILES string of the molecule is Fc1ccc(Br)cc1NCc1cc[nH]c1. The van der Waals surface area contributed by atoms with Crippen LogP contribution in [0.25, 0.3) is 0 Å². The van der Waals surface area contributed by atoms with Gasteiger partial charge in [-0.3, -0.25) is 0 Å². The molecule has 15 heavy (non-hydrogen) atoms. The Morgan fingerprint density at radius 2 is 2.20 bits per heavy atom. The number of aromatic nitrogens is 1. The molecule has 0 atom stereocenters. The molecule has 0 radical (unpaired) electrons. The van der Waals surface area contributed by atoms with Gasteiger partial charge in [-0.05, 0) is 29.8 Å². The van der Waals surface area contributed by atoms with E-state index >= 15 is 0 Å². The minimum Gasteiger partial charge on any atom is -0.379 e. The van der Waals surface area contributed by atoms with Crippen molar-refractivity contribution in [3.63, 3.8) is 0 Å². The summed E-state index contributed by atoms with van der Waals surface area (Å²) in [6.07, 6.45) is 3.72. The van der Waals surface area contributed by atoms with Gasteiger partial charge < -0.3 is 10.3 Å². The van der Waals surface area contributed by atoms with E-state index in [0.29, 0.717) is 12.2 Å². The molecule has 2 aromatic rings. The van der Waals surface area contributed by atoms with E-state index < -0.39 is 0 Å². The Bertz CT molecular complexity index is 440. The van der Waals surface area contributed by atoms with Crippen LogP contribution in [0.2, 0.25) is 0 Å². The highest BCUT2D eigenvalue weighted by Gasteiger charge is 2.02. The summed E-state index contributed by atoms with van der Waals surface area (Å²) in [5, 5.41) is 3.03. The van der Waals surface area contributed by atoms with Crippen LogP contribution in [-0.2, 0) is 6.54 Å². The Morgan fingerprint density at radius 3 is 2.93 bits per heavy atom. The molecule has 1 aromatic heterocycles. The van der Waals surface area contributed by atoms with E-state index in [0.717, 1.165) is 10.0 Å². The molecule has 4 heteroatoms. The first-order valence-corrected chi connectivity index (χ1v) is 5.35. The molecule has 2 rings (SSSR count). The number of H-pyrrole nitrogens is 1. The number of halogens is 2. The molecule has 1 aromatic carbocycles. The standard InChI is InChI=1S/C11H10BrFN2/c12-9-1-2-10(13)11(5-9)15-7-8-3-4-14-6-8/h1-6,14-15H,7H2. The highest BCUT2D eigenvalue weighted by molar-refractivity contribution is 9.10. The summed E-state index contributed by atoms with van der Waals surface area (Å²) < 4.78 is 14.2. The van der Waals surface area contributed by atoms with Gasteiger partial charge in [-0.2, -0.15) is 0 Å². The van der Waals surface area contributed by atoms with Crippen molar-refractivity contribution in [1.29, 1.82) is 0 Å². The molecular weight excluding hydrogens is 259 g/mol. The summed E-state index contributed by atoms with van der Waals surface area (Å²) in [6, 6.07) is 6.78. The second-order valence-corrected chi connectivity index (χ2v) is 4.11. The molecule has 0 aliphatic carbocycles. The summed E-state index contributed by atoms with van der Waals surface area (Å²) in [5.41, 5.74) is 1.60. The van der Waals surface area contributed by atoms with Crippen molar-refractivity contribution in [3.05, 3.63) is 52.5 Å². The number of anilines is 1. The molecule has 2 N–H and O–H groups in total. The molecule has 0 spiro atoms. The number of benzene rings is 1. The van der Waals surface area contributed by atoms with Crippen molar-refractivity contribution < 1.29 is 4.39 Å². The third-order valence-electron chi connectivity index (χ3n) is 2.07. The van der Waals surface area contributed by atoms with Crippen molar-refractivity contribution in [2.45, 2.75) is 6.54 Å². The Hall–Kier alpha value is -1.29. The number of hydrogen-bond acceptors (Lipinski definition) is 1. The van der Waals surface area contributed by atoms with E-state index in [4.69, 9.17) is 0 Å². The predicted molar refractivity (Wildman–Crippen MR) is 62.2 cm³/mol. The average Bonchev–Trinajstić information content (AvgIpc) is 2.72. The molecular formula is C11H10BrFN2. The third-order valence-corrected chi connectivity index (χ3v) is 2.57. The maximum absolute atomic E-state index is 13.3. The van der Waals surface area contributed by atoms with Gasteiger partial charge in [0.15, 0.2) is 0 Å². The highest BCUT2D eigenvalue weighted by atomic mass is 79.9. The topological polar surface area (TPSA) is 27.8 Å². The maximum atomic E-state index is 13.3. The van der Waals surface area contributed by atoms with Gasteiger partial charge in [0.1, 0.15) is 5.82 Å². The zero-order valence-electron chi connectivity index (χ0n) is 7.93. The van der Waals surface area contributed by atoms with Crippen molar-refractivity contribution in [3.8, 4) is 0 Å². The summed E-state index contributed by atoms with van der Waals surface area (Å²) >= 11 is 3.30. The van der Waals surface area contributed by atoms with Crippen LogP contribution in [0.4, 0.5) is 10.1 Å². The lowest BCUT2D eigenvalue weighted by Crippen LogP contribution is -2.00. The fraction of sp³-hybridized carbons (Fsp3) is 0.0909. The lowest BCUT2D eigenvalue weighted by molar-refractivity contribution is 0.630. The van der Waals surface area contributed by atoms with Gasteiger partial charge in [0.2, 0.25) is 0 Å². The minimum absolute atomic E-state index is 0.242. The van der Waals surface area contributed by atoms with Crippen molar-refractivity contribution in [2.75, 3.05) is 5.32 Å². The van der Waals surface area contributed by atoms with Crippen LogP contribution in [0.15, 0.2) is 41.1 Å². The van der Waals surface area contributed by atoms with Crippen LogP contribution in [0.1, 0.15) is 5.56 Å². The summed E-state index contributed by atoms with van der Waals surface area (Å²) in [7, 11) is 0. The monoisotopic (exact) mass is 268 g/mol. The lowest BCUT2D eigenvalue weighted by Gasteiger charge is -2.06. The molecule has 0 aliphatic rings. The molecule has 2 nitrogen and oxygen atoms in total. The quantitative estimate of drug-likeness (QED) is 0.876.